The van der Waals surface area contributed by atoms with E-state index in [0.717, 1.165) is 39.0 Å². The van der Waals surface area contributed by atoms with Crippen molar-refractivity contribution in [1.29, 1.82) is 0 Å². The third kappa shape index (κ3) is 3.00. The molecule has 18 heavy (non-hydrogen) atoms. The summed E-state index contributed by atoms with van der Waals surface area (Å²) < 4.78 is 0. The Bertz CT molecular complexity index is 299. The third-order valence-corrected chi connectivity index (χ3v) is 3.61. The second-order valence-corrected chi connectivity index (χ2v) is 4.89. The van der Waals surface area contributed by atoms with Crippen LogP contribution in [0.2, 0.25) is 0 Å². The molecule has 2 saturated heterocycles. The van der Waals surface area contributed by atoms with Crippen LogP contribution < -0.4 is 10.6 Å². The van der Waals surface area contributed by atoms with E-state index >= 15 is 0 Å². The van der Waals surface area contributed by atoms with Crippen molar-refractivity contribution in [2.24, 2.45) is 0 Å². The van der Waals surface area contributed by atoms with Crippen molar-refractivity contribution in [3.05, 3.63) is 0 Å². The van der Waals surface area contributed by atoms with E-state index in [4.69, 9.17) is 0 Å². The monoisotopic (exact) mass is 254 g/mol. The molecule has 6 nitrogen and oxygen atoms in total. The molecule has 2 aliphatic rings. The van der Waals surface area contributed by atoms with Crippen molar-refractivity contribution in [3.8, 4) is 0 Å². The number of hydrogen-bond acceptors (Lipinski definition) is 4. The van der Waals surface area contributed by atoms with Crippen LogP contribution in [-0.2, 0) is 4.79 Å². The van der Waals surface area contributed by atoms with Crippen LogP contribution in [-0.4, -0.2) is 67.0 Å². The summed E-state index contributed by atoms with van der Waals surface area (Å²) in [6.07, 6.45) is 2.25. The molecular formula is C12H22N4O2. The first kappa shape index (κ1) is 13.3. The Kier molecular flexibility index (Phi) is 4.54. The molecular weight excluding hydrogens is 232 g/mol. The van der Waals surface area contributed by atoms with E-state index in [-0.39, 0.29) is 18.5 Å². The molecule has 2 fully saturated rings. The smallest absolute Gasteiger partial charge is 0.324 e. The van der Waals surface area contributed by atoms with Gasteiger partial charge in [0, 0.05) is 25.7 Å². The number of carbonyl (C=O) groups is 2. The minimum absolute atomic E-state index is 0.110. The lowest BCUT2D eigenvalue weighted by Gasteiger charge is -2.29. The number of imide groups is 1. The largest absolute Gasteiger partial charge is 0.329 e. The van der Waals surface area contributed by atoms with Crippen LogP contribution in [0.3, 0.4) is 0 Å². The van der Waals surface area contributed by atoms with Gasteiger partial charge >= 0.3 is 6.03 Å². The molecule has 3 amide bonds. The number of urea groups is 1. The Morgan fingerprint density at radius 2 is 2.22 bits per heavy atom. The van der Waals surface area contributed by atoms with E-state index in [1.165, 1.54) is 4.90 Å². The average molecular weight is 254 g/mol. The summed E-state index contributed by atoms with van der Waals surface area (Å²) in [5.74, 6) is -0.110. The molecule has 2 rings (SSSR count). The van der Waals surface area contributed by atoms with Crippen LogP contribution >= 0.6 is 0 Å². The van der Waals surface area contributed by atoms with Crippen LogP contribution in [0, 0.1) is 0 Å². The molecule has 2 N–H and O–H groups in total. The zero-order valence-corrected chi connectivity index (χ0v) is 10.9. The Balaban J connectivity index is 1.84. The Morgan fingerprint density at radius 3 is 2.78 bits per heavy atom. The fourth-order valence-corrected chi connectivity index (χ4v) is 2.63. The second-order valence-electron chi connectivity index (χ2n) is 4.89. The van der Waals surface area contributed by atoms with Gasteiger partial charge in [0.05, 0.1) is 6.54 Å². The van der Waals surface area contributed by atoms with Gasteiger partial charge < -0.3 is 10.6 Å². The molecule has 0 aromatic rings. The van der Waals surface area contributed by atoms with Gasteiger partial charge in [-0.2, -0.15) is 0 Å². The molecule has 0 saturated carbocycles. The first-order chi connectivity index (χ1) is 8.72. The van der Waals surface area contributed by atoms with Gasteiger partial charge in [-0.25, -0.2) is 4.79 Å². The fraction of sp³-hybridized carbons (Fsp3) is 0.833. The molecule has 0 bridgehead atoms. The standard InChI is InChI=1S/C12H22N4O2/c1-2-5-15(10-3-4-13-8-10)6-7-16-11(17)9-14-12(16)18/h10,13H,2-9H2,1H3,(H,14,18). The number of amides is 3. The van der Waals surface area contributed by atoms with Crippen LogP contribution in [0.15, 0.2) is 0 Å². The summed E-state index contributed by atoms with van der Waals surface area (Å²) in [6, 6.07) is 0.298. The van der Waals surface area contributed by atoms with Crippen molar-refractivity contribution in [1.82, 2.24) is 20.4 Å². The summed E-state index contributed by atoms with van der Waals surface area (Å²) in [7, 11) is 0. The van der Waals surface area contributed by atoms with Crippen LogP contribution in [0.25, 0.3) is 0 Å². The lowest BCUT2D eigenvalue weighted by atomic mass is 10.2. The van der Waals surface area contributed by atoms with Crippen molar-refractivity contribution < 1.29 is 9.59 Å². The van der Waals surface area contributed by atoms with E-state index in [9.17, 15) is 9.59 Å². The highest BCUT2D eigenvalue weighted by Crippen LogP contribution is 2.10. The molecule has 0 aromatic carbocycles. The maximum atomic E-state index is 11.5. The van der Waals surface area contributed by atoms with Gasteiger partial charge in [0.2, 0.25) is 5.91 Å². The summed E-state index contributed by atoms with van der Waals surface area (Å²) in [6.45, 7) is 6.69. The normalized spacial score (nSPS) is 24.1. The van der Waals surface area contributed by atoms with E-state index < -0.39 is 0 Å². The zero-order chi connectivity index (χ0) is 13.0. The first-order valence-electron chi connectivity index (χ1n) is 6.75. The molecule has 0 spiro atoms. The van der Waals surface area contributed by atoms with E-state index in [1.807, 2.05) is 0 Å². The first-order valence-corrected chi connectivity index (χ1v) is 6.75. The maximum absolute atomic E-state index is 11.5. The van der Waals surface area contributed by atoms with E-state index in [2.05, 4.69) is 22.5 Å². The Labute approximate surface area is 108 Å². The average Bonchev–Trinajstić information content (AvgIpc) is 2.97. The number of nitrogens with one attached hydrogen (secondary N) is 2. The van der Waals surface area contributed by atoms with Crippen LogP contribution in [0.5, 0.6) is 0 Å². The molecule has 0 aromatic heterocycles. The zero-order valence-electron chi connectivity index (χ0n) is 10.9. The Hall–Kier alpha value is -1.14. The highest BCUT2D eigenvalue weighted by molar-refractivity contribution is 6.01. The minimum atomic E-state index is -0.249. The second kappa shape index (κ2) is 6.15. The minimum Gasteiger partial charge on any atom is -0.329 e. The van der Waals surface area contributed by atoms with Crippen molar-refractivity contribution in [3.63, 3.8) is 0 Å². The number of carbonyl (C=O) groups excluding carboxylic acids is 2. The summed E-state index contributed by atoms with van der Waals surface area (Å²) in [5.41, 5.74) is 0. The molecule has 2 aliphatic heterocycles. The highest BCUT2D eigenvalue weighted by atomic mass is 16.2. The molecule has 1 unspecified atom stereocenters. The topological polar surface area (TPSA) is 64.7 Å². The lowest BCUT2D eigenvalue weighted by molar-refractivity contribution is -0.125. The summed E-state index contributed by atoms with van der Waals surface area (Å²) >= 11 is 0. The quantitative estimate of drug-likeness (QED) is 0.634. The SMILES string of the molecule is CCCN(CCN1C(=O)CNC1=O)C1CCNC1. The molecule has 2 heterocycles. The van der Waals surface area contributed by atoms with Gasteiger partial charge in [-0.3, -0.25) is 14.6 Å². The lowest BCUT2D eigenvalue weighted by Crippen LogP contribution is -2.44. The Morgan fingerprint density at radius 1 is 1.39 bits per heavy atom. The van der Waals surface area contributed by atoms with Crippen LogP contribution in [0.4, 0.5) is 4.79 Å². The van der Waals surface area contributed by atoms with Gasteiger partial charge in [-0.05, 0) is 25.9 Å². The third-order valence-electron chi connectivity index (χ3n) is 3.61. The van der Waals surface area contributed by atoms with Crippen LogP contribution in [0.1, 0.15) is 19.8 Å². The number of rotatable bonds is 6. The summed E-state index contributed by atoms with van der Waals surface area (Å²) in [4.78, 5) is 26.6. The van der Waals surface area contributed by atoms with Gasteiger partial charge in [0.25, 0.3) is 0 Å². The van der Waals surface area contributed by atoms with E-state index in [0.29, 0.717) is 12.6 Å². The molecule has 0 aliphatic carbocycles. The van der Waals surface area contributed by atoms with Gasteiger partial charge in [-0.15, -0.1) is 0 Å². The fourth-order valence-electron chi connectivity index (χ4n) is 2.63. The van der Waals surface area contributed by atoms with E-state index in [1.54, 1.807) is 0 Å². The molecule has 0 radical (unpaired) electrons. The highest BCUT2D eigenvalue weighted by Gasteiger charge is 2.29. The number of nitrogens with zero attached hydrogens (tertiary/aromatic N) is 2. The maximum Gasteiger partial charge on any atom is 0.324 e. The molecule has 1 atom stereocenters. The predicted octanol–water partition coefficient (Wildman–Crippen LogP) is -0.388. The van der Waals surface area contributed by atoms with Crippen molar-refractivity contribution >= 4 is 11.9 Å². The summed E-state index contributed by atoms with van der Waals surface area (Å²) in [5, 5.41) is 5.91. The molecule has 102 valence electrons. The van der Waals surface area contributed by atoms with Gasteiger partial charge in [0.15, 0.2) is 0 Å². The van der Waals surface area contributed by atoms with Crippen molar-refractivity contribution in [2.45, 2.75) is 25.8 Å². The predicted molar refractivity (Wildman–Crippen MR) is 68.3 cm³/mol. The molecule has 6 heteroatoms. The number of hydrogen-bond donors (Lipinski definition) is 2. The van der Waals surface area contributed by atoms with Crippen molar-refractivity contribution in [2.75, 3.05) is 39.3 Å². The van der Waals surface area contributed by atoms with Gasteiger partial charge in [-0.1, -0.05) is 6.92 Å². The van der Waals surface area contributed by atoms with Gasteiger partial charge in [0.1, 0.15) is 0 Å².